The van der Waals surface area contributed by atoms with Gasteiger partial charge in [-0.25, -0.2) is 14.3 Å². The van der Waals surface area contributed by atoms with E-state index in [1.54, 1.807) is 37.6 Å². The van der Waals surface area contributed by atoms with Crippen LogP contribution in [0.15, 0.2) is 12.1 Å². The fourth-order valence-corrected chi connectivity index (χ4v) is 3.24. The first-order valence-corrected chi connectivity index (χ1v) is 9.25. The average Bonchev–Trinajstić information content (AvgIpc) is 3.00. The van der Waals surface area contributed by atoms with Crippen molar-refractivity contribution in [2.24, 2.45) is 0 Å². The van der Waals surface area contributed by atoms with Crippen molar-refractivity contribution < 1.29 is 23.8 Å². The smallest absolute Gasteiger partial charge is 0.412 e. The summed E-state index contributed by atoms with van der Waals surface area (Å²) < 4.78 is 18.4. The molecule has 8 heteroatoms. The van der Waals surface area contributed by atoms with Gasteiger partial charge in [0.15, 0.2) is 12.0 Å². The highest BCUT2D eigenvalue weighted by atomic mass is 16.6. The maximum Gasteiger partial charge on any atom is 0.412 e. The number of nitrogens with zero attached hydrogens (tertiary/aromatic N) is 2. The SMILES string of the molecule is COc1c(NC(=O)OC(C)(C)C)ccc2nn(C3CCCCO3)c(C=C=O)c12. The summed E-state index contributed by atoms with van der Waals surface area (Å²) in [7, 11) is 1.50. The number of carbonyl (C=O) groups excluding carboxylic acids is 2. The van der Waals surface area contributed by atoms with Crippen molar-refractivity contribution in [1.29, 1.82) is 0 Å². The number of hydrogen-bond donors (Lipinski definition) is 1. The van der Waals surface area contributed by atoms with Crippen LogP contribution in [0.5, 0.6) is 5.75 Å². The summed E-state index contributed by atoms with van der Waals surface area (Å²) in [5.74, 6) is 2.22. The number of benzene rings is 1. The molecule has 0 bridgehead atoms. The Morgan fingerprint density at radius 2 is 2.18 bits per heavy atom. The van der Waals surface area contributed by atoms with Crippen LogP contribution in [0.4, 0.5) is 10.5 Å². The number of amides is 1. The molecule has 1 aliphatic heterocycles. The lowest BCUT2D eigenvalue weighted by atomic mass is 10.1. The molecule has 2 aromatic rings. The summed E-state index contributed by atoms with van der Waals surface area (Å²) >= 11 is 0. The van der Waals surface area contributed by atoms with Gasteiger partial charge in [-0.1, -0.05) is 0 Å². The number of carbonyl (C=O) groups is 1. The van der Waals surface area contributed by atoms with Crippen molar-refractivity contribution in [3.63, 3.8) is 0 Å². The zero-order chi connectivity index (χ0) is 20.3. The number of rotatable bonds is 4. The van der Waals surface area contributed by atoms with E-state index in [1.165, 1.54) is 13.2 Å². The normalized spacial score (nSPS) is 17.1. The molecule has 0 radical (unpaired) electrons. The second-order valence-electron chi connectivity index (χ2n) is 7.58. The molecule has 2 heterocycles. The molecule has 0 saturated carbocycles. The van der Waals surface area contributed by atoms with E-state index in [0.29, 0.717) is 34.6 Å². The molecule has 8 nitrogen and oxygen atoms in total. The minimum Gasteiger partial charge on any atom is -0.494 e. The predicted molar refractivity (Wildman–Crippen MR) is 105 cm³/mol. The lowest BCUT2D eigenvalue weighted by Crippen LogP contribution is -2.27. The molecule has 1 atom stereocenters. The fourth-order valence-electron chi connectivity index (χ4n) is 3.24. The van der Waals surface area contributed by atoms with Gasteiger partial charge in [-0.2, -0.15) is 5.10 Å². The highest BCUT2D eigenvalue weighted by Crippen LogP contribution is 2.38. The summed E-state index contributed by atoms with van der Waals surface area (Å²) in [6.07, 6.45) is 3.29. The Hall–Kier alpha value is -2.83. The van der Waals surface area contributed by atoms with Crippen LogP contribution in [0, 0.1) is 0 Å². The fraction of sp³-hybridized carbons (Fsp3) is 0.500. The van der Waals surface area contributed by atoms with Crippen molar-refractivity contribution in [2.75, 3.05) is 19.0 Å². The lowest BCUT2D eigenvalue weighted by molar-refractivity contribution is -0.0394. The second-order valence-corrected chi connectivity index (χ2v) is 7.58. The van der Waals surface area contributed by atoms with Crippen LogP contribution in [0.3, 0.4) is 0 Å². The molecule has 1 fully saturated rings. The lowest BCUT2D eigenvalue weighted by Gasteiger charge is -2.23. The Kier molecular flexibility index (Phi) is 5.72. The largest absolute Gasteiger partial charge is 0.494 e. The van der Waals surface area contributed by atoms with E-state index >= 15 is 0 Å². The topological polar surface area (TPSA) is 91.7 Å². The quantitative estimate of drug-likeness (QED) is 0.799. The standard InChI is InChI=1S/C20H25N3O5/c1-20(2,3)28-19(25)21-14-9-8-13-17(18(14)26-4)15(10-11-24)23(22-13)16-7-5-6-12-27-16/h8-10,16H,5-7,12H2,1-4H3,(H,21,25). The zero-order valence-corrected chi connectivity index (χ0v) is 16.6. The number of fused-ring (bicyclic) bond motifs is 1. The van der Waals surface area contributed by atoms with Crippen molar-refractivity contribution in [2.45, 2.75) is 51.9 Å². The Bertz CT molecular complexity index is 916. The van der Waals surface area contributed by atoms with E-state index in [4.69, 9.17) is 14.2 Å². The van der Waals surface area contributed by atoms with E-state index in [0.717, 1.165) is 19.3 Å². The zero-order valence-electron chi connectivity index (χ0n) is 16.6. The molecular weight excluding hydrogens is 362 g/mol. The van der Waals surface area contributed by atoms with E-state index in [2.05, 4.69) is 10.4 Å². The third kappa shape index (κ3) is 4.18. The maximum absolute atomic E-state index is 12.2. The summed E-state index contributed by atoms with van der Waals surface area (Å²) in [6.45, 7) is 6.00. The van der Waals surface area contributed by atoms with Crippen LogP contribution in [-0.2, 0) is 14.3 Å². The van der Waals surface area contributed by atoms with Gasteiger partial charge in [0.05, 0.1) is 29.4 Å². The molecule has 3 rings (SSSR count). The van der Waals surface area contributed by atoms with Gasteiger partial charge in [0.1, 0.15) is 11.5 Å². The van der Waals surface area contributed by atoms with Crippen molar-refractivity contribution >= 4 is 34.7 Å². The molecule has 1 amide bonds. The van der Waals surface area contributed by atoms with Gasteiger partial charge in [-0.15, -0.1) is 0 Å². The third-order valence-electron chi connectivity index (χ3n) is 4.32. The molecule has 1 saturated heterocycles. The minimum absolute atomic E-state index is 0.257. The first-order chi connectivity index (χ1) is 13.3. The molecule has 0 aliphatic carbocycles. The van der Waals surface area contributed by atoms with Crippen LogP contribution < -0.4 is 10.1 Å². The summed E-state index contributed by atoms with van der Waals surface area (Å²) in [4.78, 5) is 23.4. The Morgan fingerprint density at radius 1 is 1.39 bits per heavy atom. The average molecular weight is 387 g/mol. The Morgan fingerprint density at radius 3 is 2.79 bits per heavy atom. The van der Waals surface area contributed by atoms with Gasteiger partial charge < -0.3 is 14.2 Å². The number of nitrogens with one attached hydrogen (secondary N) is 1. The molecule has 150 valence electrons. The molecule has 1 aromatic carbocycles. The first-order valence-electron chi connectivity index (χ1n) is 9.25. The van der Waals surface area contributed by atoms with Crippen molar-refractivity contribution in [1.82, 2.24) is 9.78 Å². The first kappa shape index (κ1) is 19.9. The summed E-state index contributed by atoms with van der Waals surface area (Å²) in [6, 6.07) is 3.45. The van der Waals surface area contributed by atoms with Crippen LogP contribution in [0.25, 0.3) is 17.0 Å². The number of methoxy groups -OCH3 is 1. The van der Waals surface area contributed by atoms with Gasteiger partial charge in [-0.05, 0) is 52.2 Å². The van der Waals surface area contributed by atoms with Gasteiger partial charge in [0.2, 0.25) is 0 Å². The van der Waals surface area contributed by atoms with E-state index in [1.807, 2.05) is 5.94 Å². The van der Waals surface area contributed by atoms with Crippen molar-refractivity contribution in [3.8, 4) is 5.75 Å². The minimum atomic E-state index is -0.629. The molecular formula is C20H25N3O5. The van der Waals surface area contributed by atoms with Gasteiger partial charge >= 0.3 is 6.09 Å². The number of hydrogen-bond acceptors (Lipinski definition) is 6. The molecule has 0 spiro atoms. The summed E-state index contributed by atoms with van der Waals surface area (Å²) in [5.41, 5.74) is 0.952. The van der Waals surface area contributed by atoms with E-state index in [-0.39, 0.29) is 6.23 Å². The summed E-state index contributed by atoms with van der Waals surface area (Å²) in [5, 5.41) is 7.91. The number of ether oxygens (including phenoxy) is 3. The second kappa shape index (κ2) is 8.04. The molecule has 1 N–H and O–H groups in total. The van der Waals surface area contributed by atoms with Crippen LogP contribution in [0.2, 0.25) is 0 Å². The molecule has 1 aliphatic rings. The van der Waals surface area contributed by atoms with Gasteiger partial charge in [-0.3, -0.25) is 5.32 Å². The van der Waals surface area contributed by atoms with Gasteiger partial charge in [0, 0.05) is 12.7 Å². The highest BCUT2D eigenvalue weighted by Gasteiger charge is 2.25. The van der Waals surface area contributed by atoms with Crippen LogP contribution >= 0.6 is 0 Å². The molecule has 28 heavy (non-hydrogen) atoms. The highest BCUT2D eigenvalue weighted by molar-refractivity contribution is 6.01. The Balaban J connectivity index is 2.07. The van der Waals surface area contributed by atoms with Gasteiger partial charge in [0.25, 0.3) is 0 Å². The molecule has 1 aromatic heterocycles. The van der Waals surface area contributed by atoms with E-state index < -0.39 is 11.7 Å². The van der Waals surface area contributed by atoms with E-state index in [9.17, 15) is 9.59 Å². The number of anilines is 1. The van der Waals surface area contributed by atoms with Crippen LogP contribution in [0.1, 0.15) is 52.0 Å². The Labute approximate surface area is 163 Å². The monoisotopic (exact) mass is 387 g/mol. The van der Waals surface area contributed by atoms with Crippen LogP contribution in [-0.4, -0.2) is 41.1 Å². The third-order valence-corrected chi connectivity index (χ3v) is 4.32. The van der Waals surface area contributed by atoms with Crippen molar-refractivity contribution in [3.05, 3.63) is 17.8 Å². The maximum atomic E-state index is 12.2. The number of aromatic nitrogens is 2. The predicted octanol–water partition coefficient (Wildman–Crippen LogP) is 3.94. The molecule has 1 unspecified atom stereocenters.